The highest BCUT2D eigenvalue weighted by Crippen LogP contribution is 2.43. The normalized spacial score (nSPS) is 47.5. The van der Waals surface area contributed by atoms with Crippen LogP contribution in [-0.4, -0.2) is 104 Å². The van der Waals surface area contributed by atoms with Crippen molar-refractivity contribution in [1.82, 2.24) is 10.2 Å². The Kier molecular flexibility index (Phi) is 11.5. The number of cyclic esters (lactones) is 1. The minimum absolute atomic E-state index is 0.0260. The predicted octanol–water partition coefficient (Wildman–Crippen LogP) is 2.02. The van der Waals surface area contributed by atoms with Crippen LogP contribution in [0.3, 0.4) is 0 Å². The van der Waals surface area contributed by atoms with E-state index in [1.807, 2.05) is 41.8 Å². The first-order valence-corrected chi connectivity index (χ1v) is 16.4. The van der Waals surface area contributed by atoms with Gasteiger partial charge in [0.05, 0.1) is 30.7 Å². The summed E-state index contributed by atoms with van der Waals surface area (Å²) in [7, 11) is 8.01. The van der Waals surface area contributed by atoms with Crippen molar-refractivity contribution in [2.75, 3.05) is 21.2 Å². The van der Waals surface area contributed by atoms with E-state index in [1.54, 1.807) is 14.0 Å². The summed E-state index contributed by atoms with van der Waals surface area (Å²) in [4.78, 5) is 41.5. The van der Waals surface area contributed by atoms with Crippen LogP contribution in [0.1, 0.15) is 67.2 Å². The van der Waals surface area contributed by atoms with Crippen LogP contribution in [0, 0.1) is 29.6 Å². The summed E-state index contributed by atoms with van der Waals surface area (Å²) in [5.41, 5.74) is 5.04. The highest BCUT2D eigenvalue weighted by atomic mass is 31.0. The number of nitrogens with one attached hydrogen (secondary N) is 1. The lowest BCUT2D eigenvalue weighted by atomic mass is 9.71. The third kappa shape index (κ3) is 7.03. The molecule has 8 unspecified atom stereocenters. The minimum atomic E-state index is -1.32. The number of carbonyl (C=O) groups is 3. The molecular formula is C31H54N3O9P. The van der Waals surface area contributed by atoms with Crippen LogP contribution in [-0.2, 0) is 42.6 Å². The number of hydrogen-bond donors (Lipinski definition) is 2. The van der Waals surface area contributed by atoms with E-state index in [9.17, 15) is 14.4 Å². The van der Waals surface area contributed by atoms with E-state index >= 15 is 0 Å². The van der Waals surface area contributed by atoms with Crippen molar-refractivity contribution < 1.29 is 42.6 Å². The van der Waals surface area contributed by atoms with Gasteiger partial charge in [-0.2, -0.15) is 0 Å². The number of hydrogen-bond acceptors (Lipinski definition) is 12. The van der Waals surface area contributed by atoms with Crippen molar-refractivity contribution in [2.24, 2.45) is 35.3 Å². The lowest BCUT2D eigenvalue weighted by molar-refractivity contribution is -0.292. The summed E-state index contributed by atoms with van der Waals surface area (Å²) in [6, 6.07) is -0.281. The smallest absolute Gasteiger partial charge is 0.341 e. The first-order valence-electron chi connectivity index (χ1n) is 16.0. The lowest BCUT2D eigenvalue weighted by Crippen LogP contribution is -2.78. The Morgan fingerprint density at radius 2 is 1.64 bits per heavy atom. The number of ether oxygens (including phenoxy) is 5. The molecule has 44 heavy (non-hydrogen) atoms. The van der Waals surface area contributed by atoms with E-state index < -0.39 is 48.4 Å². The summed E-state index contributed by atoms with van der Waals surface area (Å²) in [5, 5.41) is 3.10. The summed E-state index contributed by atoms with van der Waals surface area (Å²) in [5.74, 6) is -1.79. The van der Waals surface area contributed by atoms with Gasteiger partial charge >= 0.3 is 11.9 Å². The van der Waals surface area contributed by atoms with E-state index in [2.05, 4.69) is 26.6 Å². The second kappa shape index (κ2) is 14.3. The Labute approximate surface area is 264 Å². The van der Waals surface area contributed by atoms with Crippen LogP contribution in [0.2, 0.25) is 0 Å². The highest BCUT2D eigenvalue weighted by molar-refractivity contribution is 7.09. The molecule has 0 aliphatic carbocycles. The zero-order valence-corrected chi connectivity index (χ0v) is 28.8. The lowest BCUT2D eigenvalue weighted by Gasteiger charge is -2.49. The van der Waals surface area contributed by atoms with Crippen molar-refractivity contribution in [3.8, 4) is 0 Å². The fraction of sp³-hybridized carbons (Fsp3) is 0.903. The number of nitrogens with two attached hydrogens (primary N) is 1. The van der Waals surface area contributed by atoms with Gasteiger partial charge in [-0.3, -0.25) is 14.9 Å². The number of carbonyl (C=O) groups excluding carboxylic acids is 3. The number of nitrogens with zero attached hydrogens (tertiary/aromatic N) is 1. The Morgan fingerprint density at radius 3 is 2.25 bits per heavy atom. The molecule has 12 nitrogen and oxygen atoms in total. The SMILES string of the molecule is CO[C@@H]1[C@@H](OC2OC(C)C(C)C(N(C)C)C2OP)[C@@H](C)C[C@@H](C)C(=O)C[C@H]2N[C@@]3(N)C(=O)OC(C[C@@H](C)OC(=O)C[C@H]1C)C23. The van der Waals surface area contributed by atoms with Crippen molar-refractivity contribution in [3.63, 3.8) is 0 Å². The Bertz CT molecular complexity index is 1050. The molecule has 13 heteroatoms. The van der Waals surface area contributed by atoms with Gasteiger partial charge in [-0.25, -0.2) is 4.79 Å². The standard InChI is InChI=1S/C31H54N3O9P/c1-14-10-15(2)27(42-29-28(43-44)25(34(7)8)18(5)19(6)40-29)26(38-9)16(3)11-23(36)39-17(4)12-22-24-20(13-21(14)35)33-31(24,32)30(37)41-22/h14-20,22,24-29,33H,10-13,32,44H2,1-9H3/t14-,15+,16-,17-,18?,19?,20-,22?,24?,25?,26+,27+,28?,29?,31-/m1/s1. The number of methoxy groups -OCH3 is 1. The maximum Gasteiger partial charge on any atom is 0.341 e. The molecule has 4 aliphatic rings. The number of Topliss-reactive ketones (excluding diaryl/α,β-unsaturated/α-hetero) is 1. The molecule has 0 bridgehead atoms. The van der Waals surface area contributed by atoms with E-state index in [-0.39, 0.29) is 72.4 Å². The molecule has 0 aromatic rings. The number of esters is 2. The second-order valence-corrected chi connectivity index (χ2v) is 14.3. The maximum absolute atomic E-state index is 13.6. The van der Waals surface area contributed by atoms with Crippen LogP contribution in [0.15, 0.2) is 0 Å². The van der Waals surface area contributed by atoms with E-state index in [4.69, 9.17) is 33.9 Å². The van der Waals surface area contributed by atoms with Crippen molar-refractivity contribution in [2.45, 2.75) is 128 Å². The Balaban J connectivity index is 1.62. The maximum atomic E-state index is 13.6. The molecule has 3 N–H and O–H groups in total. The quantitative estimate of drug-likeness (QED) is 0.334. The first-order chi connectivity index (χ1) is 20.6. The molecule has 0 saturated carbocycles. The van der Waals surface area contributed by atoms with Crippen molar-refractivity contribution in [3.05, 3.63) is 0 Å². The summed E-state index contributed by atoms with van der Waals surface area (Å²) in [6.45, 7) is 11.8. The highest BCUT2D eigenvalue weighted by Gasteiger charge is 2.66. The third-order valence-corrected chi connectivity index (χ3v) is 10.8. The van der Waals surface area contributed by atoms with Crippen LogP contribution in [0.25, 0.3) is 0 Å². The van der Waals surface area contributed by atoms with Gasteiger partial charge in [-0.15, -0.1) is 0 Å². The molecule has 252 valence electrons. The van der Waals surface area contributed by atoms with Gasteiger partial charge in [-0.1, -0.05) is 27.7 Å². The average Bonchev–Trinajstić information content (AvgIpc) is 3.10. The first kappa shape index (κ1) is 35.6. The molecule has 4 saturated heterocycles. The van der Waals surface area contributed by atoms with Crippen molar-refractivity contribution in [1.29, 1.82) is 0 Å². The van der Waals surface area contributed by atoms with Crippen LogP contribution < -0.4 is 11.1 Å². The van der Waals surface area contributed by atoms with Gasteiger partial charge in [0, 0.05) is 53.3 Å². The molecule has 0 radical (unpaired) electrons. The molecule has 4 rings (SSSR count). The number of ketones is 1. The molecule has 4 fully saturated rings. The molecule has 0 aromatic carbocycles. The molecule has 16 atom stereocenters. The van der Waals surface area contributed by atoms with Gasteiger partial charge in [0.25, 0.3) is 0 Å². The van der Waals surface area contributed by atoms with Gasteiger partial charge in [0.15, 0.2) is 12.0 Å². The molecular weight excluding hydrogens is 589 g/mol. The molecule has 0 spiro atoms. The van der Waals surface area contributed by atoms with E-state index in [0.29, 0.717) is 12.8 Å². The summed E-state index contributed by atoms with van der Waals surface area (Å²) < 4.78 is 36.6. The van der Waals surface area contributed by atoms with Crippen LogP contribution in [0.5, 0.6) is 0 Å². The molecule has 0 aromatic heterocycles. The zero-order valence-electron chi connectivity index (χ0n) is 27.7. The number of rotatable bonds is 5. The van der Waals surface area contributed by atoms with Gasteiger partial charge < -0.3 is 38.8 Å². The Morgan fingerprint density at radius 1 is 0.955 bits per heavy atom. The van der Waals surface area contributed by atoms with Crippen LogP contribution >= 0.6 is 9.47 Å². The molecule has 0 amide bonds. The third-order valence-electron chi connectivity index (χ3n) is 10.5. The van der Waals surface area contributed by atoms with Gasteiger partial charge in [0.2, 0.25) is 0 Å². The molecule has 4 heterocycles. The van der Waals surface area contributed by atoms with Crippen molar-refractivity contribution >= 4 is 27.2 Å². The van der Waals surface area contributed by atoms with E-state index in [1.165, 1.54) is 0 Å². The Hall–Kier alpha value is -1.24. The topological polar surface area (TPSA) is 148 Å². The van der Waals surface area contributed by atoms with Crippen LogP contribution in [0.4, 0.5) is 0 Å². The predicted molar refractivity (Wildman–Crippen MR) is 165 cm³/mol. The van der Waals surface area contributed by atoms with E-state index in [0.717, 1.165) is 0 Å². The fourth-order valence-electron chi connectivity index (χ4n) is 7.96. The largest absolute Gasteiger partial charge is 0.462 e. The summed E-state index contributed by atoms with van der Waals surface area (Å²) in [6.07, 6.45) is -2.19. The van der Waals surface area contributed by atoms with Gasteiger partial charge in [0.1, 0.15) is 24.1 Å². The zero-order chi connectivity index (χ0) is 32.7. The second-order valence-electron chi connectivity index (χ2n) is 14.0. The number of likely N-dealkylation sites (N-methyl/N-ethyl adjacent to an activating group) is 1. The minimum Gasteiger partial charge on any atom is -0.462 e. The molecule has 4 aliphatic heterocycles. The monoisotopic (exact) mass is 643 g/mol. The average molecular weight is 644 g/mol. The summed E-state index contributed by atoms with van der Waals surface area (Å²) >= 11 is 0. The fourth-order valence-corrected chi connectivity index (χ4v) is 8.25. The van der Waals surface area contributed by atoms with Gasteiger partial charge in [-0.05, 0) is 46.2 Å².